The highest BCUT2D eigenvalue weighted by molar-refractivity contribution is 5.40. The van der Waals surface area contributed by atoms with Crippen molar-refractivity contribution in [3.05, 3.63) is 59.3 Å². The highest BCUT2D eigenvalue weighted by Gasteiger charge is 2.05. The minimum Gasteiger partial charge on any atom is -0.364 e. The highest BCUT2D eigenvalue weighted by atomic mass is 15.0. The van der Waals surface area contributed by atoms with Gasteiger partial charge in [0.05, 0.1) is 0 Å². The molecule has 0 fully saturated rings. The van der Waals surface area contributed by atoms with Crippen molar-refractivity contribution in [2.45, 2.75) is 26.4 Å². The minimum absolute atomic E-state index is 0.228. The average Bonchev–Trinajstić information content (AvgIpc) is 2.39. The maximum absolute atomic E-state index is 5.59. The molecule has 0 aliphatic heterocycles. The summed E-state index contributed by atoms with van der Waals surface area (Å²) in [6.07, 6.45) is 1.82. The van der Waals surface area contributed by atoms with Gasteiger partial charge in [-0.1, -0.05) is 24.3 Å². The molecule has 0 radical (unpaired) electrons. The molecule has 2 rings (SSSR count). The van der Waals surface area contributed by atoms with Crippen LogP contribution < -0.4 is 11.1 Å². The van der Waals surface area contributed by atoms with Gasteiger partial charge in [0.1, 0.15) is 5.82 Å². The normalized spacial score (nSPS) is 12.2. The molecule has 94 valence electrons. The molecule has 0 aliphatic carbocycles. The molecular formula is C15H19N3. The molecule has 1 atom stereocenters. The minimum atomic E-state index is 0.228. The second kappa shape index (κ2) is 5.65. The Balaban J connectivity index is 2.09. The van der Waals surface area contributed by atoms with Gasteiger partial charge in [0.2, 0.25) is 0 Å². The third kappa shape index (κ3) is 3.08. The van der Waals surface area contributed by atoms with Gasteiger partial charge in [0.15, 0.2) is 0 Å². The fraction of sp³-hybridized carbons (Fsp3) is 0.267. The summed E-state index contributed by atoms with van der Waals surface area (Å²) in [5.41, 5.74) is 9.18. The number of aryl methyl sites for hydroxylation is 1. The molecule has 3 N–H and O–H groups in total. The number of hydrogen-bond donors (Lipinski definition) is 2. The Hall–Kier alpha value is -1.87. The maximum Gasteiger partial charge on any atom is 0.126 e. The average molecular weight is 241 g/mol. The maximum atomic E-state index is 5.59. The van der Waals surface area contributed by atoms with Crippen molar-refractivity contribution in [2.75, 3.05) is 5.32 Å². The summed E-state index contributed by atoms with van der Waals surface area (Å²) in [6.45, 7) is 4.77. The third-order valence-corrected chi connectivity index (χ3v) is 3.00. The van der Waals surface area contributed by atoms with E-state index in [9.17, 15) is 0 Å². The van der Waals surface area contributed by atoms with Gasteiger partial charge in [-0.15, -0.1) is 0 Å². The van der Waals surface area contributed by atoms with Gasteiger partial charge in [0, 0.05) is 18.8 Å². The largest absolute Gasteiger partial charge is 0.364 e. The van der Waals surface area contributed by atoms with Crippen molar-refractivity contribution >= 4 is 5.82 Å². The lowest BCUT2D eigenvalue weighted by Crippen LogP contribution is -2.08. The van der Waals surface area contributed by atoms with Crippen LogP contribution in [0.2, 0.25) is 0 Å². The zero-order chi connectivity index (χ0) is 13.0. The molecule has 1 aromatic heterocycles. The van der Waals surface area contributed by atoms with Crippen LogP contribution in [0.4, 0.5) is 5.82 Å². The number of pyridine rings is 1. The molecule has 0 amide bonds. The SMILES string of the molecule is Cc1ccnc(NC(C)c2ccc(CN)cc2)c1. The summed E-state index contributed by atoms with van der Waals surface area (Å²) in [4.78, 5) is 4.31. The van der Waals surface area contributed by atoms with E-state index in [0.717, 1.165) is 11.4 Å². The number of aromatic nitrogens is 1. The number of nitrogens with zero attached hydrogens (tertiary/aromatic N) is 1. The molecule has 0 aliphatic rings. The summed E-state index contributed by atoms with van der Waals surface area (Å²) < 4.78 is 0. The molecular weight excluding hydrogens is 222 g/mol. The van der Waals surface area contributed by atoms with Crippen LogP contribution >= 0.6 is 0 Å². The molecule has 3 nitrogen and oxygen atoms in total. The van der Waals surface area contributed by atoms with E-state index in [1.54, 1.807) is 0 Å². The van der Waals surface area contributed by atoms with Gasteiger partial charge < -0.3 is 11.1 Å². The highest BCUT2D eigenvalue weighted by Crippen LogP contribution is 2.18. The van der Waals surface area contributed by atoms with Gasteiger partial charge in [-0.3, -0.25) is 0 Å². The summed E-state index contributed by atoms with van der Waals surface area (Å²) in [6, 6.07) is 12.6. The Morgan fingerprint density at radius 1 is 1.22 bits per heavy atom. The van der Waals surface area contributed by atoms with E-state index in [-0.39, 0.29) is 6.04 Å². The van der Waals surface area contributed by atoms with Gasteiger partial charge in [-0.05, 0) is 42.7 Å². The van der Waals surface area contributed by atoms with Gasteiger partial charge in [-0.25, -0.2) is 4.98 Å². The van der Waals surface area contributed by atoms with E-state index in [1.165, 1.54) is 11.1 Å². The number of rotatable bonds is 4. The quantitative estimate of drug-likeness (QED) is 0.865. The molecule has 18 heavy (non-hydrogen) atoms. The van der Waals surface area contributed by atoms with E-state index in [2.05, 4.69) is 48.4 Å². The molecule has 1 heterocycles. The first-order chi connectivity index (χ1) is 8.69. The second-order valence-corrected chi connectivity index (χ2v) is 4.53. The molecule has 0 spiro atoms. The molecule has 0 saturated heterocycles. The Kier molecular flexibility index (Phi) is 3.95. The molecule has 2 aromatic rings. The van der Waals surface area contributed by atoms with Gasteiger partial charge in [0.25, 0.3) is 0 Å². The third-order valence-electron chi connectivity index (χ3n) is 3.00. The van der Waals surface area contributed by atoms with E-state index < -0.39 is 0 Å². The van der Waals surface area contributed by atoms with Crippen LogP contribution in [-0.2, 0) is 6.54 Å². The van der Waals surface area contributed by atoms with Crippen LogP contribution in [0.15, 0.2) is 42.6 Å². The zero-order valence-electron chi connectivity index (χ0n) is 10.9. The lowest BCUT2D eigenvalue weighted by atomic mass is 10.1. The van der Waals surface area contributed by atoms with Crippen molar-refractivity contribution < 1.29 is 0 Å². The number of nitrogens with two attached hydrogens (primary N) is 1. The van der Waals surface area contributed by atoms with Crippen LogP contribution in [0.3, 0.4) is 0 Å². The topological polar surface area (TPSA) is 50.9 Å². The first-order valence-electron chi connectivity index (χ1n) is 6.17. The van der Waals surface area contributed by atoms with Crippen LogP contribution in [0.1, 0.15) is 29.7 Å². The summed E-state index contributed by atoms with van der Waals surface area (Å²) in [7, 11) is 0. The first-order valence-corrected chi connectivity index (χ1v) is 6.17. The Labute approximate surface area is 108 Å². The molecule has 1 aromatic carbocycles. The molecule has 0 bridgehead atoms. The number of hydrogen-bond acceptors (Lipinski definition) is 3. The lowest BCUT2D eigenvalue weighted by molar-refractivity contribution is 0.871. The Morgan fingerprint density at radius 2 is 1.94 bits per heavy atom. The number of anilines is 1. The summed E-state index contributed by atoms with van der Waals surface area (Å²) in [5.74, 6) is 0.908. The standard InChI is InChI=1S/C15H19N3/c1-11-7-8-17-15(9-11)18-12(2)14-5-3-13(10-16)4-6-14/h3-9,12H,10,16H2,1-2H3,(H,17,18). The van der Waals surface area contributed by atoms with Crippen molar-refractivity contribution in [2.24, 2.45) is 5.73 Å². The zero-order valence-corrected chi connectivity index (χ0v) is 10.9. The van der Waals surface area contributed by atoms with E-state index in [1.807, 2.05) is 18.3 Å². The van der Waals surface area contributed by atoms with Crippen LogP contribution in [0.5, 0.6) is 0 Å². The van der Waals surface area contributed by atoms with Crippen molar-refractivity contribution in [1.82, 2.24) is 4.98 Å². The van der Waals surface area contributed by atoms with Crippen LogP contribution in [-0.4, -0.2) is 4.98 Å². The van der Waals surface area contributed by atoms with E-state index in [4.69, 9.17) is 5.73 Å². The predicted octanol–water partition coefficient (Wildman–Crippen LogP) is 3.02. The lowest BCUT2D eigenvalue weighted by Gasteiger charge is -2.15. The molecule has 3 heteroatoms. The summed E-state index contributed by atoms with van der Waals surface area (Å²) >= 11 is 0. The van der Waals surface area contributed by atoms with E-state index >= 15 is 0 Å². The Bertz CT molecular complexity index is 505. The first kappa shape index (κ1) is 12.6. The smallest absolute Gasteiger partial charge is 0.126 e. The predicted molar refractivity (Wildman–Crippen MR) is 75.3 cm³/mol. The Morgan fingerprint density at radius 3 is 2.56 bits per heavy atom. The van der Waals surface area contributed by atoms with Crippen molar-refractivity contribution in [3.8, 4) is 0 Å². The monoisotopic (exact) mass is 241 g/mol. The number of nitrogens with one attached hydrogen (secondary N) is 1. The second-order valence-electron chi connectivity index (χ2n) is 4.53. The molecule has 0 saturated carbocycles. The fourth-order valence-electron chi connectivity index (χ4n) is 1.86. The number of benzene rings is 1. The van der Waals surface area contributed by atoms with Crippen LogP contribution in [0.25, 0.3) is 0 Å². The fourth-order valence-corrected chi connectivity index (χ4v) is 1.86. The van der Waals surface area contributed by atoms with Gasteiger partial charge in [-0.2, -0.15) is 0 Å². The van der Waals surface area contributed by atoms with E-state index in [0.29, 0.717) is 6.54 Å². The molecule has 1 unspecified atom stereocenters. The van der Waals surface area contributed by atoms with Crippen LogP contribution in [0, 0.1) is 6.92 Å². The summed E-state index contributed by atoms with van der Waals surface area (Å²) in [5, 5.41) is 3.39. The van der Waals surface area contributed by atoms with Gasteiger partial charge >= 0.3 is 0 Å². The van der Waals surface area contributed by atoms with Crippen molar-refractivity contribution in [1.29, 1.82) is 0 Å². The van der Waals surface area contributed by atoms with Crippen molar-refractivity contribution in [3.63, 3.8) is 0 Å².